The van der Waals surface area contributed by atoms with Crippen LogP contribution >= 0.6 is 15.9 Å². The number of ether oxygens (including phenoxy) is 2. The molecule has 0 aromatic rings. The third kappa shape index (κ3) is 4.67. The van der Waals surface area contributed by atoms with Crippen LogP contribution in [0, 0.1) is 17.2 Å². The predicted molar refractivity (Wildman–Crippen MR) is 78.6 cm³/mol. The normalized spacial score (nSPS) is 23.6. The summed E-state index contributed by atoms with van der Waals surface area (Å²) in [6.07, 6.45) is -0.533. The van der Waals surface area contributed by atoms with Gasteiger partial charge in [0.05, 0.1) is 6.07 Å². The number of nitrogens with zero attached hydrogens (tertiary/aromatic N) is 2. The van der Waals surface area contributed by atoms with Crippen LogP contribution < -0.4 is 5.32 Å². The molecule has 0 saturated heterocycles. The Labute approximate surface area is 127 Å². The number of rotatable bonds is 3. The zero-order valence-electron chi connectivity index (χ0n) is 12.3. The largest absolute Gasteiger partial charge is 0.461 e. The van der Waals surface area contributed by atoms with Gasteiger partial charge in [-0.25, -0.2) is 9.79 Å². The number of nitriles is 1. The highest BCUT2D eigenvalue weighted by Crippen LogP contribution is 2.22. The van der Waals surface area contributed by atoms with Gasteiger partial charge < -0.3 is 14.8 Å². The van der Waals surface area contributed by atoms with Gasteiger partial charge in [0, 0.05) is 0 Å². The van der Waals surface area contributed by atoms with Crippen molar-refractivity contribution in [3.63, 3.8) is 0 Å². The molecule has 1 aliphatic rings. The highest BCUT2D eigenvalue weighted by atomic mass is 79.9. The number of hydrogen-bond acceptors (Lipinski definition) is 5. The molecule has 0 aromatic heterocycles. The fourth-order valence-corrected chi connectivity index (χ4v) is 2.02. The number of alkyl carbamates (subject to hydrolysis) is 1. The summed E-state index contributed by atoms with van der Waals surface area (Å²) < 4.78 is 10.7. The minimum Gasteiger partial charge on any atom is -0.461 e. The summed E-state index contributed by atoms with van der Waals surface area (Å²) in [6, 6.07) is 0.993. The number of hydrogen-bond donors (Lipinski definition) is 1. The number of carbonyl (C=O) groups excluding carboxylic acids is 1. The predicted octanol–water partition coefficient (Wildman–Crippen LogP) is 2.58. The molecule has 0 spiro atoms. The van der Waals surface area contributed by atoms with Crippen molar-refractivity contribution in [2.75, 3.05) is 0 Å². The topological polar surface area (TPSA) is 83.7 Å². The van der Waals surface area contributed by atoms with E-state index in [9.17, 15) is 4.79 Å². The summed E-state index contributed by atoms with van der Waals surface area (Å²) in [5.74, 6) is 0.401. The Morgan fingerprint density at radius 3 is 2.55 bits per heavy atom. The molecule has 2 unspecified atom stereocenters. The van der Waals surface area contributed by atoms with E-state index >= 15 is 0 Å². The maximum Gasteiger partial charge on any atom is 0.408 e. The maximum atomic E-state index is 11.8. The smallest absolute Gasteiger partial charge is 0.408 e. The fraction of sp³-hybridized carbons (Fsp3) is 0.769. The Hall–Kier alpha value is -1.29. The van der Waals surface area contributed by atoms with Gasteiger partial charge in [0.15, 0.2) is 11.1 Å². The summed E-state index contributed by atoms with van der Waals surface area (Å²) in [6.45, 7) is 9.23. The second-order valence-corrected chi connectivity index (χ2v) is 6.78. The molecule has 20 heavy (non-hydrogen) atoms. The minimum absolute atomic E-state index is 0.0541. The van der Waals surface area contributed by atoms with E-state index in [0.29, 0.717) is 5.90 Å². The number of aliphatic imine (C=N–C) groups is 1. The van der Waals surface area contributed by atoms with E-state index in [4.69, 9.17) is 14.7 Å². The van der Waals surface area contributed by atoms with Crippen molar-refractivity contribution >= 4 is 27.9 Å². The average Bonchev–Trinajstić information content (AvgIpc) is 2.64. The van der Waals surface area contributed by atoms with Gasteiger partial charge in [-0.1, -0.05) is 13.8 Å². The first-order valence-electron chi connectivity index (χ1n) is 6.41. The van der Waals surface area contributed by atoms with E-state index in [1.165, 1.54) is 0 Å². The number of carbonyl (C=O) groups is 1. The quantitative estimate of drug-likeness (QED) is 0.796. The van der Waals surface area contributed by atoms with E-state index in [-0.39, 0.29) is 5.92 Å². The lowest BCUT2D eigenvalue weighted by Gasteiger charge is -2.25. The molecule has 112 valence electrons. The first-order chi connectivity index (χ1) is 9.14. The molecule has 3 atom stereocenters. The average molecular weight is 346 g/mol. The third-order valence-corrected chi connectivity index (χ3v) is 3.17. The number of nitrogens with one attached hydrogen (secondary N) is 1. The Bertz CT molecular complexity index is 437. The second-order valence-electron chi connectivity index (χ2n) is 5.88. The van der Waals surface area contributed by atoms with E-state index in [1.807, 2.05) is 19.9 Å². The summed E-state index contributed by atoms with van der Waals surface area (Å²) in [5.41, 5.74) is -0.572. The highest BCUT2D eigenvalue weighted by Gasteiger charge is 2.35. The van der Waals surface area contributed by atoms with Crippen LogP contribution in [0.1, 0.15) is 34.6 Å². The molecule has 0 aliphatic carbocycles. The zero-order valence-corrected chi connectivity index (χ0v) is 13.9. The third-order valence-electron chi connectivity index (χ3n) is 2.49. The maximum absolute atomic E-state index is 11.8. The van der Waals surface area contributed by atoms with Gasteiger partial charge >= 0.3 is 6.09 Å². The summed E-state index contributed by atoms with van der Waals surface area (Å²) in [5, 5.41) is 11.2. The monoisotopic (exact) mass is 345 g/mol. The van der Waals surface area contributed by atoms with Crippen molar-refractivity contribution in [1.29, 1.82) is 5.26 Å². The molecule has 0 saturated carbocycles. The molecule has 1 N–H and O–H groups in total. The van der Waals surface area contributed by atoms with Crippen molar-refractivity contribution < 1.29 is 14.3 Å². The first kappa shape index (κ1) is 16.8. The number of alkyl halides is 1. The van der Waals surface area contributed by atoms with Crippen molar-refractivity contribution in [2.24, 2.45) is 10.9 Å². The molecule has 1 heterocycles. The number of halogens is 1. The van der Waals surface area contributed by atoms with Crippen molar-refractivity contribution in [3.8, 4) is 6.07 Å². The molecule has 1 rings (SSSR count). The van der Waals surface area contributed by atoms with Crippen molar-refractivity contribution in [3.05, 3.63) is 0 Å². The molecule has 0 fully saturated rings. The lowest BCUT2D eigenvalue weighted by atomic mass is 10.0. The first-order valence-corrected chi connectivity index (χ1v) is 7.33. The lowest BCUT2D eigenvalue weighted by Crippen LogP contribution is -2.46. The zero-order chi connectivity index (χ0) is 15.5. The molecule has 1 amide bonds. The minimum atomic E-state index is -0.605. The van der Waals surface area contributed by atoms with Gasteiger partial charge in [-0.15, -0.1) is 0 Å². The van der Waals surface area contributed by atoms with Gasteiger partial charge in [0.25, 0.3) is 0 Å². The standard InChI is InChI=1S/C13H20BrN3O3/c1-7(2)9(17-12(18)20-13(3,4)5)11-16-8(6-15)10(14)19-11/h7-10H,1-5H3,(H,17,18)/t8?,9-,10?/m0/s1. The van der Waals surface area contributed by atoms with Gasteiger partial charge in [-0.3, -0.25) is 0 Å². The van der Waals surface area contributed by atoms with Crippen LogP contribution in [0.2, 0.25) is 0 Å². The Balaban J connectivity index is 2.77. The molecular formula is C13H20BrN3O3. The summed E-state index contributed by atoms with van der Waals surface area (Å²) in [7, 11) is 0. The molecule has 0 radical (unpaired) electrons. The van der Waals surface area contributed by atoms with Gasteiger partial charge in [-0.2, -0.15) is 5.26 Å². The van der Waals surface area contributed by atoms with E-state index in [0.717, 1.165) is 0 Å². The van der Waals surface area contributed by atoms with Crippen LogP contribution in [0.3, 0.4) is 0 Å². The van der Waals surface area contributed by atoms with Crippen LogP contribution in [-0.2, 0) is 9.47 Å². The Kier molecular flexibility index (Phi) is 5.40. The molecule has 6 nitrogen and oxygen atoms in total. The highest BCUT2D eigenvalue weighted by molar-refractivity contribution is 9.09. The molecule has 0 bridgehead atoms. The van der Waals surface area contributed by atoms with Crippen molar-refractivity contribution in [1.82, 2.24) is 5.32 Å². The van der Waals surface area contributed by atoms with Crippen molar-refractivity contribution in [2.45, 2.75) is 57.3 Å². The van der Waals surface area contributed by atoms with Gasteiger partial charge in [0.1, 0.15) is 11.6 Å². The molecule has 7 heteroatoms. The van der Waals surface area contributed by atoms with Crippen LogP contribution in [0.15, 0.2) is 4.99 Å². The van der Waals surface area contributed by atoms with Gasteiger partial charge in [0.2, 0.25) is 5.90 Å². The molecule has 1 aliphatic heterocycles. The Morgan fingerprint density at radius 2 is 2.15 bits per heavy atom. The fourth-order valence-electron chi connectivity index (χ4n) is 1.60. The summed E-state index contributed by atoms with van der Waals surface area (Å²) >= 11 is 3.23. The van der Waals surface area contributed by atoms with E-state index < -0.39 is 28.8 Å². The van der Waals surface area contributed by atoms with Gasteiger partial charge in [-0.05, 0) is 42.6 Å². The van der Waals surface area contributed by atoms with Crippen LogP contribution in [0.25, 0.3) is 0 Å². The molecule has 0 aromatic carbocycles. The molecular weight excluding hydrogens is 326 g/mol. The van der Waals surface area contributed by atoms with E-state index in [1.54, 1.807) is 20.8 Å². The lowest BCUT2D eigenvalue weighted by molar-refractivity contribution is 0.0502. The van der Waals surface area contributed by atoms with Crippen LogP contribution in [0.5, 0.6) is 0 Å². The second kappa shape index (κ2) is 6.44. The van der Waals surface area contributed by atoms with Crippen LogP contribution in [0.4, 0.5) is 4.79 Å². The summed E-state index contributed by atoms with van der Waals surface area (Å²) in [4.78, 5) is 16.0. The Morgan fingerprint density at radius 1 is 1.55 bits per heavy atom. The number of amides is 1. The van der Waals surface area contributed by atoms with E-state index in [2.05, 4.69) is 26.2 Å². The SMILES string of the molecule is CC(C)[C@H](NC(=O)OC(C)(C)C)C1=NC(C#N)C(Br)O1. The van der Waals surface area contributed by atoms with Crippen LogP contribution in [-0.4, -0.2) is 34.7 Å².